The molecule has 0 radical (unpaired) electrons. The molecule has 19 heavy (non-hydrogen) atoms. The average molecular weight is 257 g/mol. The minimum Gasteiger partial charge on any atom is -0.478 e. The molecule has 0 saturated heterocycles. The summed E-state index contributed by atoms with van der Waals surface area (Å²) in [5.74, 6) is -1.49. The lowest BCUT2D eigenvalue weighted by Crippen LogP contribution is -2.15. The lowest BCUT2D eigenvalue weighted by molar-refractivity contribution is 0.0696. The van der Waals surface area contributed by atoms with Gasteiger partial charge in [-0.15, -0.1) is 0 Å². The molecule has 0 aliphatic carbocycles. The molecule has 2 aromatic rings. The average Bonchev–Trinajstić information content (AvgIpc) is 2.41. The second-order valence-corrected chi connectivity index (χ2v) is 3.83. The third kappa shape index (κ3) is 2.92. The maximum atomic E-state index is 11.9. The van der Waals surface area contributed by atoms with Crippen LogP contribution in [0.1, 0.15) is 26.5 Å². The van der Waals surface area contributed by atoms with Crippen molar-refractivity contribution in [1.82, 2.24) is 9.97 Å². The molecule has 2 aromatic heterocycles. The molecular formula is C13H11N3O3. The summed E-state index contributed by atoms with van der Waals surface area (Å²) in [4.78, 5) is 30.4. The van der Waals surface area contributed by atoms with Gasteiger partial charge in [0.1, 0.15) is 5.69 Å². The van der Waals surface area contributed by atoms with Crippen molar-refractivity contribution in [3.63, 3.8) is 0 Å². The van der Waals surface area contributed by atoms with Gasteiger partial charge in [-0.25, -0.2) is 4.79 Å². The van der Waals surface area contributed by atoms with Gasteiger partial charge in [0.05, 0.1) is 16.9 Å². The summed E-state index contributed by atoms with van der Waals surface area (Å²) in [6.45, 7) is 1.77. The molecule has 0 aromatic carbocycles. The second-order valence-electron chi connectivity index (χ2n) is 3.83. The number of aromatic carboxylic acids is 1. The van der Waals surface area contributed by atoms with Crippen LogP contribution in [-0.2, 0) is 0 Å². The number of rotatable bonds is 3. The minimum absolute atomic E-state index is 0.0362. The number of hydrogen-bond acceptors (Lipinski definition) is 4. The second kappa shape index (κ2) is 5.26. The van der Waals surface area contributed by atoms with Crippen molar-refractivity contribution in [1.29, 1.82) is 0 Å². The van der Waals surface area contributed by atoms with Crippen LogP contribution in [0.25, 0.3) is 0 Å². The number of carbonyl (C=O) groups excluding carboxylic acids is 1. The summed E-state index contributed by atoms with van der Waals surface area (Å²) in [5, 5.41) is 11.4. The standard InChI is InChI=1S/C13H11N3O3/c1-8-10(3-2-6-14-8)16-12(17)11-5-4-9(7-15-11)13(18)19/h2-7H,1H3,(H,16,17)(H,18,19). The van der Waals surface area contributed by atoms with E-state index in [0.717, 1.165) is 6.20 Å². The van der Waals surface area contributed by atoms with Gasteiger partial charge in [0.2, 0.25) is 0 Å². The molecule has 0 unspecified atom stereocenters. The molecule has 0 saturated carbocycles. The Morgan fingerprint density at radius 1 is 1.21 bits per heavy atom. The van der Waals surface area contributed by atoms with Gasteiger partial charge in [-0.1, -0.05) is 0 Å². The molecule has 0 fully saturated rings. The highest BCUT2D eigenvalue weighted by molar-refractivity contribution is 6.03. The van der Waals surface area contributed by atoms with Crippen LogP contribution >= 0.6 is 0 Å². The van der Waals surface area contributed by atoms with Crippen LogP contribution in [0.3, 0.4) is 0 Å². The van der Waals surface area contributed by atoms with Crippen LogP contribution in [0.15, 0.2) is 36.7 Å². The van der Waals surface area contributed by atoms with Crippen molar-refractivity contribution >= 4 is 17.6 Å². The van der Waals surface area contributed by atoms with Gasteiger partial charge >= 0.3 is 5.97 Å². The summed E-state index contributed by atoms with van der Waals surface area (Å²) in [5.41, 5.74) is 1.47. The summed E-state index contributed by atoms with van der Waals surface area (Å²) < 4.78 is 0. The molecule has 6 heteroatoms. The highest BCUT2D eigenvalue weighted by Crippen LogP contribution is 2.11. The van der Waals surface area contributed by atoms with Crippen molar-refractivity contribution in [2.45, 2.75) is 6.92 Å². The zero-order valence-corrected chi connectivity index (χ0v) is 10.1. The SMILES string of the molecule is Cc1ncccc1NC(=O)c1ccc(C(=O)O)cn1. The molecule has 2 N–H and O–H groups in total. The first-order chi connectivity index (χ1) is 9.08. The maximum absolute atomic E-state index is 11.9. The van der Waals surface area contributed by atoms with E-state index in [1.54, 1.807) is 25.3 Å². The van der Waals surface area contributed by atoms with Crippen LogP contribution in [0.2, 0.25) is 0 Å². The number of aryl methyl sites for hydroxylation is 1. The lowest BCUT2D eigenvalue weighted by Gasteiger charge is -2.06. The maximum Gasteiger partial charge on any atom is 0.337 e. The Kier molecular flexibility index (Phi) is 3.51. The number of carbonyl (C=O) groups is 2. The van der Waals surface area contributed by atoms with Crippen molar-refractivity contribution in [2.75, 3.05) is 5.32 Å². The van der Waals surface area contributed by atoms with Gasteiger partial charge in [0.25, 0.3) is 5.91 Å². The topological polar surface area (TPSA) is 92.2 Å². The Morgan fingerprint density at radius 3 is 2.58 bits per heavy atom. The third-order valence-corrected chi connectivity index (χ3v) is 2.50. The Balaban J connectivity index is 2.16. The first-order valence-electron chi connectivity index (χ1n) is 5.50. The van der Waals surface area contributed by atoms with Gasteiger partial charge in [-0.2, -0.15) is 0 Å². The van der Waals surface area contributed by atoms with E-state index in [9.17, 15) is 9.59 Å². The predicted molar refractivity (Wildman–Crippen MR) is 68.1 cm³/mol. The molecule has 0 bridgehead atoms. The van der Waals surface area contributed by atoms with Crippen LogP contribution in [0, 0.1) is 6.92 Å². The number of carboxylic acids is 1. The summed E-state index contributed by atoms with van der Waals surface area (Å²) >= 11 is 0. The van der Waals surface area contributed by atoms with Crippen molar-refractivity contribution < 1.29 is 14.7 Å². The van der Waals surface area contributed by atoms with Gasteiger partial charge in [-0.3, -0.25) is 14.8 Å². The Hall–Kier alpha value is -2.76. The number of nitrogens with one attached hydrogen (secondary N) is 1. The molecule has 0 aliphatic rings. The van der Waals surface area contributed by atoms with E-state index < -0.39 is 11.9 Å². The highest BCUT2D eigenvalue weighted by Gasteiger charge is 2.10. The summed E-state index contributed by atoms with van der Waals surface area (Å²) in [6.07, 6.45) is 2.78. The van der Waals surface area contributed by atoms with Crippen LogP contribution in [0.5, 0.6) is 0 Å². The van der Waals surface area contributed by atoms with E-state index in [1.165, 1.54) is 12.1 Å². The van der Waals surface area contributed by atoms with Gasteiger partial charge in [0, 0.05) is 12.4 Å². The number of nitrogens with zero attached hydrogens (tertiary/aromatic N) is 2. The number of amides is 1. The highest BCUT2D eigenvalue weighted by atomic mass is 16.4. The predicted octanol–water partition coefficient (Wildman–Crippen LogP) is 1.74. The van der Waals surface area contributed by atoms with E-state index in [2.05, 4.69) is 15.3 Å². The number of pyridine rings is 2. The van der Waals surface area contributed by atoms with Gasteiger partial charge in [0.15, 0.2) is 0 Å². The molecule has 0 atom stereocenters. The van der Waals surface area contributed by atoms with Crippen LogP contribution in [0.4, 0.5) is 5.69 Å². The van der Waals surface area contributed by atoms with E-state index in [4.69, 9.17) is 5.11 Å². The Bertz CT molecular complexity index is 623. The molecule has 6 nitrogen and oxygen atoms in total. The van der Waals surface area contributed by atoms with Crippen LogP contribution in [-0.4, -0.2) is 27.0 Å². The van der Waals surface area contributed by atoms with Crippen molar-refractivity contribution in [2.24, 2.45) is 0 Å². The molecule has 0 spiro atoms. The fraction of sp³-hybridized carbons (Fsp3) is 0.0769. The van der Waals surface area contributed by atoms with E-state index in [0.29, 0.717) is 11.4 Å². The first-order valence-corrected chi connectivity index (χ1v) is 5.50. The van der Waals surface area contributed by atoms with E-state index in [1.807, 2.05) is 0 Å². The van der Waals surface area contributed by atoms with Gasteiger partial charge in [-0.05, 0) is 31.2 Å². The smallest absolute Gasteiger partial charge is 0.337 e. The largest absolute Gasteiger partial charge is 0.478 e. The number of carboxylic acid groups (broad SMARTS) is 1. The fourth-order valence-corrected chi connectivity index (χ4v) is 1.46. The number of anilines is 1. The lowest BCUT2D eigenvalue weighted by atomic mass is 10.2. The normalized spacial score (nSPS) is 9.95. The third-order valence-electron chi connectivity index (χ3n) is 2.50. The zero-order valence-electron chi connectivity index (χ0n) is 10.1. The first kappa shape index (κ1) is 12.7. The molecule has 2 heterocycles. The van der Waals surface area contributed by atoms with Crippen molar-refractivity contribution in [3.05, 3.63) is 53.6 Å². The van der Waals surface area contributed by atoms with Crippen molar-refractivity contribution in [3.8, 4) is 0 Å². The number of aromatic nitrogens is 2. The van der Waals surface area contributed by atoms with Gasteiger partial charge < -0.3 is 10.4 Å². The minimum atomic E-state index is -1.08. The quantitative estimate of drug-likeness (QED) is 0.873. The molecule has 96 valence electrons. The fourth-order valence-electron chi connectivity index (χ4n) is 1.46. The molecule has 1 amide bonds. The monoisotopic (exact) mass is 257 g/mol. The Labute approximate surface area is 109 Å². The van der Waals surface area contributed by atoms with E-state index >= 15 is 0 Å². The number of hydrogen-bond donors (Lipinski definition) is 2. The molecule has 0 aliphatic heterocycles. The Morgan fingerprint density at radius 2 is 2.00 bits per heavy atom. The summed E-state index contributed by atoms with van der Waals surface area (Å²) in [6, 6.07) is 6.14. The van der Waals surface area contributed by atoms with E-state index in [-0.39, 0.29) is 11.3 Å². The molecule has 2 rings (SSSR count). The zero-order chi connectivity index (χ0) is 13.8. The van der Waals surface area contributed by atoms with Crippen LogP contribution < -0.4 is 5.32 Å². The molecular weight excluding hydrogens is 246 g/mol. The summed E-state index contributed by atoms with van der Waals surface area (Å²) in [7, 11) is 0.